The third-order valence-electron chi connectivity index (χ3n) is 4.02. The predicted molar refractivity (Wildman–Crippen MR) is 100 cm³/mol. The van der Waals surface area contributed by atoms with Crippen LogP contribution in [-0.4, -0.2) is 12.1 Å². The van der Waals surface area contributed by atoms with Crippen LogP contribution in [-0.2, 0) is 0 Å². The van der Waals surface area contributed by atoms with E-state index in [1.165, 1.54) is 0 Å². The van der Waals surface area contributed by atoms with E-state index < -0.39 is 0 Å². The summed E-state index contributed by atoms with van der Waals surface area (Å²) in [5.74, 6) is 2.33. The monoisotopic (exact) mass is 327 g/mol. The molecule has 0 aliphatic heterocycles. The number of hydrogen-bond acceptors (Lipinski definition) is 3. The number of benzene rings is 3. The fourth-order valence-corrected chi connectivity index (χ4v) is 2.75. The molecule has 0 fully saturated rings. The zero-order valence-corrected chi connectivity index (χ0v) is 13.8. The minimum atomic E-state index is 0.732. The van der Waals surface area contributed by atoms with E-state index >= 15 is 0 Å². The van der Waals surface area contributed by atoms with Crippen molar-refractivity contribution in [3.05, 3.63) is 84.9 Å². The number of ether oxygens (including phenoxy) is 2. The Morgan fingerprint density at radius 2 is 1.44 bits per heavy atom. The predicted octanol–water partition coefficient (Wildman–Crippen LogP) is 5.70. The number of fused-ring (bicyclic) bond motifs is 1. The molecule has 0 unspecified atom stereocenters. The Bertz CT molecular complexity index is 995. The first kappa shape index (κ1) is 15.2. The van der Waals surface area contributed by atoms with Crippen molar-refractivity contribution in [1.29, 1.82) is 0 Å². The maximum atomic E-state index is 6.13. The molecule has 0 aliphatic carbocycles. The van der Waals surface area contributed by atoms with Gasteiger partial charge in [0.1, 0.15) is 17.2 Å². The molecule has 4 rings (SSSR count). The molecule has 1 heterocycles. The Balaban J connectivity index is 1.85. The van der Waals surface area contributed by atoms with Crippen molar-refractivity contribution in [2.24, 2.45) is 0 Å². The maximum absolute atomic E-state index is 6.13. The van der Waals surface area contributed by atoms with Crippen molar-refractivity contribution in [3.8, 4) is 28.5 Å². The first-order valence-electron chi connectivity index (χ1n) is 8.10. The Morgan fingerprint density at radius 3 is 2.20 bits per heavy atom. The number of aromatic nitrogens is 1. The van der Waals surface area contributed by atoms with Crippen LogP contribution in [0.1, 0.15) is 0 Å². The highest BCUT2D eigenvalue weighted by atomic mass is 16.5. The summed E-state index contributed by atoms with van der Waals surface area (Å²) in [5.41, 5.74) is 2.73. The number of rotatable bonds is 4. The highest BCUT2D eigenvalue weighted by Crippen LogP contribution is 2.35. The molecule has 0 bridgehead atoms. The van der Waals surface area contributed by atoms with E-state index in [4.69, 9.17) is 14.5 Å². The van der Waals surface area contributed by atoms with Gasteiger partial charge in [-0.05, 0) is 48.5 Å². The minimum Gasteiger partial charge on any atom is -0.497 e. The topological polar surface area (TPSA) is 31.4 Å². The molecule has 4 aromatic rings. The lowest BCUT2D eigenvalue weighted by Gasteiger charge is -2.12. The molecule has 0 spiro atoms. The lowest BCUT2D eigenvalue weighted by molar-refractivity contribution is 0.415. The molecule has 3 aromatic carbocycles. The van der Waals surface area contributed by atoms with Gasteiger partial charge in [-0.1, -0.05) is 36.4 Å². The molecular formula is C22H17NO2. The molecular weight excluding hydrogens is 310 g/mol. The van der Waals surface area contributed by atoms with E-state index in [0.717, 1.165) is 39.4 Å². The van der Waals surface area contributed by atoms with Gasteiger partial charge >= 0.3 is 0 Å². The van der Waals surface area contributed by atoms with Gasteiger partial charge in [0.25, 0.3) is 0 Å². The van der Waals surface area contributed by atoms with E-state index in [9.17, 15) is 0 Å². The van der Waals surface area contributed by atoms with Gasteiger partial charge in [0.15, 0.2) is 5.75 Å². The molecule has 3 heteroatoms. The summed E-state index contributed by atoms with van der Waals surface area (Å²) in [4.78, 5) is 4.83. The molecule has 0 saturated heterocycles. The van der Waals surface area contributed by atoms with Crippen molar-refractivity contribution in [1.82, 2.24) is 4.98 Å². The van der Waals surface area contributed by atoms with Crippen molar-refractivity contribution in [2.45, 2.75) is 0 Å². The van der Waals surface area contributed by atoms with Crippen LogP contribution in [0.15, 0.2) is 84.9 Å². The first-order valence-corrected chi connectivity index (χ1v) is 8.10. The quantitative estimate of drug-likeness (QED) is 0.481. The fourth-order valence-electron chi connectivity index (χ4n) is 2.75. The third kappa shape index (κ3) is 3.17. The first-order chi connectivity index (χ1) is 12.3. The van der Waals surface area contributed by atoms with Crippen molar-refractivity contribution < 1.29 is 9.47 Å². The van der Waals surface area contributed by atoms with E-state index in [1.54, 1.807) is 7.11 Å². The summed E-state index contributed by atoms with van der Waals surface area (Å²) in [7, 11) is 1.66. The highest BCUT2D eigenvalue weighted by molar-refractivity contribution is 5.85. The lowest BCUT2D eigenvalue weighted by atomic mass is 10.1. The molecule has 0 amide bonds. The van der Waals surface area contributed by atoms with Crippen LogP contribution in [0.25, 0.3) is 22.2 Å². The van der Waals surface area contributed by atoms with Gasteiger partial charge < -0.3 is 9.47 Å². The van der Waals surface area contributed by atoms with Gasteiger partial charge in [0.05, 0.1) is 12.6 Å². The van der Waals surface area contributed by atoms with Crippen molar-refractivity contribution in [3.63, 3.8) is 0 Å². The smallest absolute Gasteiger partial charge is 0.154 e. The summed E-state index contributed by atoms with van der Waals surface area (Å²) in [6, 6.07) is 27.7. The van der Waals surface area contributed by atoms with Crippen LogP contribution in [0.4, 0.5) is 0 Å². The minimum absolute atomic E-state index is 0.732. The molecule has 0 saturated carbocycles. The molecule has 25 heavy (non-hydrogen) atoms. The number of para-hydroxylation sites is 2. The van der Waals surface area contributed by atoms with Gasteiger partial charge in [-0.3, -0.25) is 0 Å². The zero-order valence-electron chi connectivity index (χ0n) is 13.8. The summed E-state index contributed by atoms with van der Waals surface area (Å²) >= 11 is 0. The van der Waals surface area contributed by atoms with Gasteiger partial charge in [-0.2, -0.15) is 0 Å². The number of pyridine rings is 1. The van der Waals surface area contributed by atoms with Gasteiger partial charge in [-0.15, -0.1) is 0 Å². The zero-order chi connectivity index (χ0) is 17.1. The fraction of sp³-hybridized carbons (Fsp3) is 0.0455. The van der Waals surface area contributed by atoms with E-state index in [0.29, 0.717) is 0 Å². The molecule has 1 aromatic heterocycles. The largest absolute Gasteiger partial charge is 0.497 e. The van der Waals surface area contributed by atoms with Crippen LogP contribution in [0, 0.1) is 0 Å². The Labute approximate surface area is 146 Å². The Kier molecular flexibility index (Phi) is 4.05. The van der Waals surface area contributed by atoms with Crippen LogP contribution >= 0.6 is 0 Å². The number of nitrogens with zero attached hydrogens (tertiary/aromatic N) is 1. The van der Waals surface area contributed by atoms with Crippen molar-refractivity contribution >= 4 is 10.9 Å². The number of hydrogen-bond donors (Lipinski definition) is 0. The Morgan fingerprint density at radius 1 is 0.720 bits per heavy atom. The van der Waals surface area contributed by atoms with E-state index in [1.807, 2.05) is 84.9 Å². The normalized spacial score (nSPS) is 10.6. The lowest BCUT2D eigenvalue weighted by Crippen LogP contribution is -1.93. The average molecular weight is 327 g/mol. The summed E-state index contributed by atoms with van der Waals surface area (Å²) in [6.07, 6.45) is 0. The van der Waals surface area contributed by atoms with Gasteiger partial charge in [0, 0.05) is 10.9 Å². The van der Waals surface area contributed by atoms with Crippen molar-refractivity contribution in [2.75, 3.05) is 7.11 Å². The van der Waals surface area contributed by atoms with Crippen LogP contribution < -0.4 is 9.47 Å². The molecule has 3 nitrogen and oxygen atoms in total. The maximum Gasteiger partial charge on any atom is 0.154 e. The second-order valence-corrected chi connectivity index (χ2v) is 5.67. The summed E-state index contributed by atoms with van der Waals surface area (Å²) < 4.78 is 11.4. The average Bonchev–Trinajstić information content (AvgIpc) is 2.68. The summed E-state index contributed by atoms with van der Waals surface area (Å²) in [6.45, 7) is 0. The van der Waals surface area contributed by atoms with E-state index in [2.05, 4.69) is 0 Å². The third-order valence-corrected chi connectivity index (χ3v) is 4.02. The number of methoxy groups -OCH3 is 1. The SMILES string of the molecule is COc1ccc(-c2nc3ccccc3cc2Oc2ccccc2)cc1. The highest BCUT2D eigenvalue weighted by Gasteiger charge is 2.12. The molecule has 122 valence electrons. The molecule has 0 radical (unpaired) electrons. The molecule has 0 aliphatic rings. The Hall–Kier alpha value is -3.33. The second-order valence-electron chi connectivity index (χ2n) is 5.67. The van der Waals surface area contributed by atoms with Crippen LogP contribution in [0.3, 0.4) is 0 Å². The van der Waals surface area contributed by atoms with Crippen LogP contribution in [0.2, 0.25) is 0 Å². The van der Waals surface area contributed by atoms with E-state index in [-0.39, 0.29) is 0 Å². The molecule has 0 atom stereocenters. The second kappa shape index (κ2) is 6.65. The van der Waals surface area contributed by atoms with Crippen LogP contribution in [0.5, 0.6) is 17.2 Å². The molecule has 0 N–H and O–H groups in total. The van der Waals surface area contributed by atoms with Gasteiger partial charge in [0.2, 0.25) is 0 Å². The standard InChI is InChI=1S/C22H17NO2/c1-24-18-13-11-16(12-14-18)22-21(25-19-8-3-2-4-9-19)15-17-7-5-6-10-20(17)23-22/h2-15H,1H3. The summed E-state index contributed by atoms with van der Waals surface area (Å²) in [5, 5.41) is 1.05. The van der Waals surface area contributed by atoms with Gasteiger partial charge in [-0.25, -0.2) is 4.98 Å².